The SMILES string of the molecule is CCc1cn(Cc2ccccc2)nn1. The van der Waals surface area contributed by atoms with E-state index in [0.29, 0.717) is 0 Å². The van der Waals surface area contributed by atoms with Crippen molar-refractivity contribution in [1.82, 2.24) is 15.0 Å². The molecule has 14 heavy (non-hydrogen) atoms. The normalized spacial score (nSPS) is 10.4. The maximum atomic E-state index is 4.05. The fourth-order valence-corrected chi connectivity index (χ4v) is 1.35. The van der Waals surface area contributed by atoms with Crippen LogP contribution in [0.5, 0.6) is 0 Å². The fourth-order valence-electron chi connectivity index (χ4n) is 1.35. The molecule has 72 valence electrons. The third-order valence-corrected chi connectivity index (χ3v) is 2.14. The predicted molar refractivity (Wildman–Crippen MR) is 54.9 cm³/mol. The first kappa shape index (κ1) is 8.94. The maximum absolute atomic E-state index is 4.05. The number of benzene rings is 1. The van der Waals surface area contributed by atoms with Crippen molar-refractivity contribution in [3.05, 3.63) is 47.8 Å². The van der Waals surface area contributed by atoms with Gasteiger partial charge in [-0.25, -0.2) is 4.68 Å². The monoisotopic (exact) mass is 187 g/mol. The quantitative estimate of drug-likeness (QED) is 0.734. The Morgan fingerprint density at radius 1 is 1.21 bits per heavy atom. The molecule has 0 saturated heterocycles. The number of hydrogen-bond donors (Lipinski definition) is 0. The number of aryl methyl sites for hydroxylation is 1. The molecule has 2 aromatic rings. The number of hydrogen-bond acceptors (Lipinski definition) is 2. The summed E-state index contributed by atoms with van der Waals surface area (Å²) in [5.41, 5.74) is 2.29. The van der Waals surface area contributed by atoms with Gasteiger partial charge in [-0.15, -0.1) is 5.10 Å². The Morgan fingerprint density at radius 2 is 2.00 bits per heavy atom. The predicted octanol–water partition coefficient (Wildman–Crippen LogP) is 1.89. The topological polar surface area (TPSA) is 30.7 Å². The number of nitrogens with zero attached hydrogens (tertiary/aromatic N) is 3. The lowest BCUT2D eigenvalue weighted by Gasteiger charge is -1.98. The van der Waals surface area contributed by atoms with Crippen LogP contribution in [0.4, 0.5) is 0 Å². The first-order chi connectivity index (χ1) is 6.88. The minimum atomic E-state index is 0.799. The minimum Gasteiger partial charge on any atom is -0.248 e. The van der Waals surface area contributed by atoms with Gasteiger partial charge in [-0.3, -0.25) is 0 Å². The standard InChI is InChI=1S/C11H13N3/c1-2-11-9-14(13-12-11)8-10-6-4-3-5-7-10/h3-7,9H,2,8H2,1H3. The van der Waals surface area contributed by atoms with Crippen molar-refractivity contribution in [3.8, 4) is 0 Å². The van der Waals surface area contributed by atoms with Gasteiger partial charge in [0, 0.05) is 6.20 Å². The van der Waals surface area contributed by atoms with E-state index in [-0.39, 0.29) is 0 Å². The highest BCUT2D eigenvalue weighted by Crippen LogP contribution is 2.02. The molecule has 0 spiro atoms. The zero-order valence-electron chi connectivity index (χ0n) is 8.22. The fraction of sp³-hybridized carbons (Fsp3) is 0.273. The lowest BCUT2D eigenvalue weighted by molar-refractivity contribution is 0.649. The molecule has 0 aliphatic rings. The second-order valence-electron chi connectivity index (χ2n) is 3.25. The Morgan fingerprint density at radius 3 is 2.64 bits per heavy atom. The van der Waals surface area contributed by atoms with Gasteiger partial charge in [-0.05, 0) is 12.0 Å². The molecule has 0 amide bonds. The second-order valence-corrected chi connectivity index (χ2v) is 3.25. The van der Waals surface area contributed by atoms with Crippen LogP contribution >= 0.6 is 0 Å². The van der Waals surface area contributed by atoms with Gasteiger partial charge < -0.3 is 0 Å². The lowest BCUT2D eigenvalue weighted by atomic mass is 10.2. The van der Waals surface area contributed by atoms with Gasteiger partial charge in [0.2, 0.25) is 0 Å². The van der Waals surface area contributed by atoms with Crippen LogP contribution in [-0.4, -0.2) is 15.0 Å². The van der Waals surface area contributed by atoms with E-state index in [0.717, 1.165) is 18.7 Å². The van der Waals surface area contributed by atoms with E-state index in [1.165, 1.54) is 5.56 Å². The Labute approximate surface area is 83.4 Å². The van der Waals surface area contributed by atoms with E-state index in [1.54, 1.807) is 0 Å². The molecule has 1 heterocycles. The van der Waals surface area contributed by atoms with Crippen molar-refractivity contribution in [3.63, 3.8) is 0 Å². The zero-order valence-corrected chi connectivity index (χ0v) is 8.22. The first-order valence-electron chi connectivity index (χ1n) is 4.81. The number of rotatable bonds is 3. The molecule has 0 N–H and O–H groups in total. The third kappa shape index (κ3) is 1.99. The summed E-state index contributed by atoms with van der Waals surface area (Å²) in [7, 11) is 0. The molecule has 2 rings (SSSR count). The smallest absolute Gasteiger partial charge is 0.0824 e. The maximum Gasteiger partial charge on any atom is 0.0824 e. The van der Waals surface area contributed by atoms with Crippen LogP contribution in [0.15, 0.2) is 36.5 Å². The summed E-state index contributed by atoms with van der Waals surface area (Å²) in [6.07, 6.45) is 2.93. The lowest BCUT2D eigenvalue weighted by Crippen LogP contribution is -1.99. The van der Waals surface area contributed by atoms with E-state index >= 15 is 0 Å². The summed E-state index contributed by atoms with van der Waals surface area (Å²) in [4.78, 5) is 0. The Balaban J connectivity index is 2.11. The van der Waals surface area contributed by atoms with E-state index in [9.17, 15) is 0 Å². The van der Waals surface area contributed by atoms with Crippen molar-refractivity contribution in [2.45, 2.75) is 19.9 Å². The van der Waals surface area contributed by atoms with Crippen LogP contribution in [0.25, 0.3) is 0 Å². The summed E-state index contributed by atoms with van der Waals surface area (Å²) >= 11 is 0. The summed E-state index contributed by atoms with van der Waals surface area (Å²) < 4.78 is 1.87. The summed E-state index contributed by atoms with van der Waals surface area (Å²) in [5, 5.41) is 8.09. The van der Waals surface area contributed by atoms with Gasteiger partial charge in [0.15, 0.2) is 0 Å². The second kappa shape index (κ2) is 4.05. The Hall–Kier alpha value is -1.64. The number of aromatic nitrogens is 3. The molecular weight excluding hydrogens is 174 g/mol. The van der Waals surface area contributed by atoms with Gasteiger partial charge in [-0.2, -0.15) is 0 Å². The van der Waals surface area contributed by atoms with Gasteiger partial charge >= 0.3 is 0 Å². The van der Waals surface area contributed by atoms with E-state index in [2.05, 4.69) is 29.4 Å². The summed E-state index contributed by atoms with van der Waals surface area (Å²) in [6.45, 7) is 2.88. The van der Waals surface area contributed by atoms with Crippen LogP contribution in [0.3, 0.4) is 0 Å². The molecule has 1 aromatic carbocycles. The van der Waals surface area contributed by atoms with Crippen molar-refractivity contribution >= 4 is 0 Å². The van der Waals surface area contributed by atoms with E-state index in [1.807, 2.05) is 29.1 Å². The average Bonchev–Trinajstić information content (AvgIpc) is 2.67. The Kier molecular flexibility index (Phi) is 2.58. The van der Waals surface area contributed by atoms with Gasteiger partial charge in [-0.1, -0.05) is 42.5 Å². The molecule has 0 bridgehead atoms. The molecule has 0 unspecified atom stereocenters. The summed E-state index contributed by atoms with van der Waals surface area (Å²) in [6, 6.07) is 10.3. The molecule has 3 heteroatoms. The van der Waals surface area contributed by atoms with Crippen LogP contribution in [-0.2, 0) is 13.0 Å². The minimum absolute atomic E-state index is 0.799. The third-order valence-electron chi connectivity index (χ3n) is 2.14. The molecule has 0 saturated carbocycles. The average molecular weight is 187 g/mol. The molecule has 0 atom stereocenters. The van der Waals surface area contributed by atoms with Crippen molar-refractivity contribution < 1.29 is 0 Å². The molecule has 0 aliphatic heterocycles. The first-order valence-corrected chi connectivity index (χ1v) is 4.81. The van der Waals surface area contributed by atoms with E-state index in [4.69, 9.17) is 0 Å². The van der Waals surface area contributed by atoms with Crippen LogP contribution in [0.2, 0.25) is 0 Å². The molecule has 1 aromatic heterocycles. The molecule has 0 aliphatic carbocycles. The van der Waals surface area contributed by atoms with Crippen LogP contribution in [0.1, 0.15) is 18.2 Å². The molecule has 0 fully saturated rings. The van der Waals surface area contributed by atoms with Crippen LogP contribution < -0.4 is 0 Å². The summed E-state index contributed by atoms with van der Waals surface area (Å²) in [5.74, 6) is 0. The van der Waals surface area contributed by atoms with Crippen molar-refractivity contribution in [2.75, 3.05) is 0 Å². The van der Waals surface area contributed by atoms with Crippen molar-refractivity contribution in [2.24, 2.45) is 0 Å². The van der Waals surface area contributed by atoms with Gasteiger partial charge in [0.1, 0.15) is 0 Å². The molecule has 3 nitrogen and oxygen atoms in total. The Bertz CT molecular complexity index is 392. The van der Waals surface area contributed by atoms with Crippen LogP contribution in [0, 0.1) is 0 Å². The zero-order chi connectivity index (χ0) is 9.80. The highest BCUT2D eigenvalue weighted by atomic mass is 15.4. The largest absolute Gasteiger partial charge is 0.248 e. The highest BCUT2D eigenvalue weighted by Gasteiger charge is 1.98. The molecular formula is C11H13N3. The molecule has 0 radical (unpaired) electrons. The van der Waals surface area contributed by atoms with Gasteiger partial charge in [0.05, 0.1) is 12.2 Å². The van der Waals surface area contributed by atoms with Crippen molar-refractivity contribution in [1.29, 1.82) is 0 Å². The highest BCUT2D eigenvalue weighted by molar-refractivity contribution is 5.14. The van der Waals surface area contributed by atoms with E-state index < -0.39 is 0 Å². The van der Waals surface area contributed by atoms with Gasteiger partial charge in [0.25, 0.3) is 0 Å².